The number of amides is 1. The highest BCUT2D eigenvalue weighted by Crippen LogP contribution is 2.46. The van der Waals surface area contributed by atoms with Crippen LogP contribution in [0.4, 0.5) is 13.2 Å². The minimum absolute atomic E-state index is 0.0629. The van der Waals surface area contributed by atoms with Crippen molar-refractivity contribution in [1.29, 1.82) is 0 Å². The summed E-state index contributed by atoms with van der Waals surface area (Å²) in [6.07, 6.45) is 2.49. The van der Waals surface area contributed by atoms with Crippen molar-refractivity contribution in [2.45, 2.75) is 82.3 Å². The number of alkyl halides is 3. The lowest BCUT2D eigenvalue weighted by Gasteiger charge is -2.46. The SMILES string of the molecule is CO[C@H]1CC[C@@H](N2CCC3(CC2)OC(=O)C(C)C3C(=O)N2CCc3ncc(C(F)(F)F)cc3C2)CC1. The average Bonchev–Trinajstić information content (AvgIpc) is 3.11. The minimum atomic E-state index is -4.49. The summed E-state index contributed by atoms with van der Waals surface area (Å²) in [5, 5.41) is 0. The van der Waals surface area contributed by atoms with Crippen LogP contribution in [-0.2, 0) is 38.2 Å². The molecule has 2 saturated heterocycles. The first-order valence-corrected chi connectivity index (χ1v) is 12.9. The van der Waals surface area contributed by atoms with Crippen LogP contribution in [0.15, 0.2) is 12.3 Å². The molecule has 0 bridgehead atoms. The van der Waals surface area contributed by atoms with E-state index >= 15 is 0 Å². The van der Waals surface area contributed by atoms with E-state index in [2.05, 4.69) is 9.88 Å². The molecule has 0 aromatic carbocycles. The number of hydrogen-bond acceptors (Lipinski definition) is 6. The van der Waals surface area contributed by atoms with Crippen molar-refractivity contribution in [3.63, 3.8) is 0 Å². The summed E-state index contributed by atoms with van der Waals surface area (Å²) in [6, 6.07) is 1.57. The molecule has 3 aliphatic heterocycles. The Labute approximate surface area is 209 Å². The van der Waals surface area contributed by atoms with E-state index in [1.165, 1.54) is 0 Å². The fourth-order valence-electron chi connectivity index (χ4n) is 6.68. The van der Waals surface area contributed by atoms with Gasteiger partial charge >= 0.3 is 12.1 Å². The maximum Gasteiger partial charge on any atom is 0.417 e. The second kappa shape index (κ2) is 9.59. The van der Waals surface area contributed by atoms with Crippen molar-refractivity contribution >= 4 is 11.9 Å². The lowest BCUT2D eigenvalue weighted by molar-refractivity contribution is -0.159. The van der Waals surface area contributed by atoms with Gasteiger partial charge in [-0.3, -0.25) is 14.6 Å². The van der Waals surface area contributed by atoms with Crippen LogP contribution in [0, 0.1) is 11.8 Å². The fraction of sp³-hybridized carbons (Fsp3) is 0.731. The number of piperidine rings is 1. The molecule has 1 spiro atoms. The second-order valence-electron chi connectivity index (χ2n) is 10.8. The first-order valence-electron chi connectivity index (χ1n) is 12.9. The summed E-state index contributed by atoms with van der Waals surface area (Å²) in [6.45, 7) is 3.68. The Balaban J connectivity index is 1.29. The van der Waals surface area contributed by atoms with Gasteiger partial charge in [-0.2, -0.15) is 13.2 Å². The quantitative estimate of drug-likeness (QED) is 0.580. The third-order valence-electron chi connectivity index (χ3n) is 8.82. The van der Waals surface area contributed by atoms with Crippen molar-refractivity contribution in [3.8, 4) is 0 Å². The summed E-state index contributed by atoms with van der Waals surface area (Å²) in [5.41, 5.74) is -0.658. The van der Waals surface area contributed by atoms with Crippen LogP contribution >= 0.6 is 0 Å². The van der Waals surface area contributed by atoms with E-state index in [4.69, 9.17) is 9.47 Å². The maximum atomic E-state index is 13.8. The zero-order valence-electron chi connectivity index (χ0n) is 20.9. The molecule has 5 rings (SSSR count). The van der Waals surface area contributed by atoms with Crippen molar-refractivity contribution in [2.24, 2.45) is 11.8 Å². The highest BCUT2D eigenvalue weighted by Gasteiger charge is 2.59. The second-order valence-corrected chi connectivity index (χ2v) is 10.8. The third-order valence-corrected chi connectivity index (χ3v) is 8.82. The van der Waals surface area contributed by atoms with Crippen LogP contribution in [0.25, 0.3) is 0 Å². The molecule has 7 nitrogen and oxygen atoms in total. The standard InChI is InChI=1S/C26H34F3N3O4/c1-16-22(23(33)32-10-7-21-17(15-32)13-18(14-30-21)26(27,28)29)25(36-24(16)34)8-11-31(12-9-25)19-3-5-20(35-2)6-4-19/h13-14,16,19-20,22H,3-12,15H2,1-2H3/t16?,19-,20+,22?. The van der Waals surface area contributed by atoms with E-state index in [1.54, 1.807) is 18.9 Å². The molecule has 36 heavy (non-hydrogen) atoms. The van der Waals surface area contributed by atoms with Gasteiger partial charge in [0.15, 0.2) is 0 Å². The maximum absolute atomic E-state index is 13.8. The molecule has 198 valence electrons. The Kier molecular flexibility index (Phi) is 6.78. The Morgan fingerprint density at radius 2 is 1.86 bits per heavy atom. The number of pyridine rings is 1. The molecule has 1 aromatic heterocycles. The largest absolute Gasteiger partial charge is 0.458 e. The third kappa shape index (κ3) is 4.62. The number of likely N-dealkylation sites (tertiary alicyclic amines) is 1. The Hall–Kier alpha value is -2.20. The summed E-state index contributed by atoms with van der Waals surface area (Å²) in [7, 11) is 1.76. The Morgan fingerprint density at radius 3 is 2.50 bits per heavy atom. The number of halogens is 3. The number of ether oxygens (including phenoxy) is 2. The van der Waals surface area contributed by atoms with Gasteiger partial charge in [-0.1, -0.05) is 6.92 Å². The molecule has 10 heteroatoms. The number of carbonyl (C=O) groups is 2. The van der Waals surface area contributed by atoms with Gasteiger partial charge in [-0.05, 0) is 37.3 Å². The topological polar surface area (TPSA) is 72.0 Å². The Morgan fingerprint density at radius 1 is 1.17 bits per heavy atom. The van der Waals surface area contributed by atoms with Crippen LogP contribution in [0.5, 0.6) is 0 Å². The predicted octanol–water partition coefficient (Wildman–Crippen LogP) is 3.59. The average molecular weight is 510 g/mol. The molecule has 1 aromatic rings. The molecule has 1 saturated carbocycles. The monoisotopic (exact) mass is 509 g/mol. The van der Waals surface area contributed by atoms with E-state index in [1.807, 2.05) is 0 Å². The number of nitrogens with zero attached hydrogens (tertiary/aromatic N) is 3. The molecule has 0 radical (unpaired) electrons. The van der Waals surface area contributed by atoms with Crippen LogP contribution in [-0.4, -0.2) is 71.2 Å². The predicted molar refractivity (Wildman–Crippen MR) is 124 cm³/mol. The first-order chi connectivity index (χ1) is 17.1. The van der Waals surface area contributed by atoms with E-state index in [-0.39, 0.29) is 18.4 Å². The molecule has 4 heterocycles. The number of esters is 1. The summed E-state index contributed by atoms with van der Waals surface area (Å²) in [4.78, 5) is 34.5. The van der Waals surface area contributed by atoms with Gasteiger partial charge in [0, 0.05) is 70.5 Å². The zero-order chi connectivity index (χ0) is 25.7. The molecule has 4 aliphatic rings. The van der Waals surface area contributed by atoms with Crippen LogP contribution in [0.3, 0.4) is 0 Å². The van der Waals surface area contributed by atoms with Gasteiger partial charge < -0.3 is 19.3 Å². The van der Waals surface area contributed by atoms with Gasteiger partial charge in [-0.15, -0.1) is 0 Å². The van der Waals surface area contributed by atoms with Crippen LogP contribution < -0.4 is 0 Å². The van der Waals surface area contributed by atoms with Crippen molar-refractivity contribution in [1.82, 2.24) is 14.8 Å². The lowest BCUT2D eigenvalue weighted by Crippen LogP contribution is -2.55. The minimum Gasteiger partial charge on any atom is -0.458 e. The van der Waals surface area contributed by atoms with Crippen LogP contribution in [0.2, 0.25) is 0 Å². The van der Waals surface area contributed by atoms with Gasteiger partial charge in [0.25, 0.3) is 0 Å². The van der Waals surface area contributed by atoms with Crippen molar-refractivity contribution in [2.75, 3.05) is 26.7 Å². The van der Waals surface area contributed by atoms with Gasteiger partial charge in [-0.25, -0.2) is 0 Å². The van der Waals surface area contributed by atoms with Gasteiger partial charge in [0.05, 0.1) is 23.5 Å². The fourth-order valence-corrected chi connectivity index (χ4v) is 6.68. The molecule has 1 amide bonds. The number of fused-ring (bicyclic) bond motifs is 1. The molecule has 2 atom stereocenters. The molecule has 3 fully saturated rings. The number of methoxy groups -OCH3 is 1. The van der Waals surface area contributed by atoms with Crippen LogP contribution in [0.1, 0.15) is 62.3 Å². The zero-order valence-corrected chi connectivity index (χ0v) is 20.9. The number of aromatic nitrogens is 1. The van der Waals surface area contributed by atoms with Gasteiger partial charge in [0.1, 0.15) is 5.60 Å². The summed E-state index contributed by atoms with van der Waals surface area (Å²) < 4.78 is 51.1. The normalized spacial score (nSPS) is 30.8. The highest BCUT2D eigenvalue weighted by atomic mass is 19.4. The van der Waals surface area contributed by atoms with Crippen molar-refractivity contribution < 1.29 is 32.2 Å². The smallest absolute Gasteiger partial charge is 0.417 e. The molecular formula is C26H34F3N3O4. The highest BCUT2D eigenvalue weighted by molar-refractivity contribution is 5.89. The first kappa shape index (κ1) is 25.4. The molecule has 0 N–H and O–H groups in total. The number of carbonyl (C=O) groups excluding carboxylic acids is 2. The number of rotatable bonds is 3. The molecule has 2 unspecified atom stereocenters. The molecular weight excluding hydrogens is 475 g/mol. The number of hydrogen-bond donors (Lipinski definition) is 0. The van der Waals surface area contributed by atoms with Gasteiger partial charge in [0.2, 0.25) is 5.91 Å². The molecule has 1 aliphatic carbocycles. The Bertz CT molecular complexity index is 1000. The van der Waals surface area contributed by atoms with Crippen molar-refractivity contribution in [3.05, 3.63) is 29.1 Å². The summed E-state index contributed by atoms with van der Waals surface area (Å²) >= 11 is 0. The lowest BCUT2D eigenvalue weighted by atomic mass is 9.74. The van der Waals surface area contributed by atoms with E-state index in [0.29, 0.717) is 49.2 Å². The summed E-state index contributed by atoms with van der Waals surface area (Å²) in [5.74, 6) is -1.77. The van der Waals surface area contributed by atoms with E-state index < -0.39 is 29.2 Å². The van der Waals surface area contributed by atoms with E-state index in [0.717, 1.165) is 51.0 Å². The van der Waals surface area contributed by atoms with E-state index in [9.17, 15) is 22.8 Å².